The number of thioether (sulfide) groups is 1. The number of para-hydroxylation sites is 2. The Balaban J connectivity index is 1.71. The zero-order valence-electron chi connectivity index (χ0n) is 16.2. The molecule has 29 heavy (non-hydrogen) atoms. The summed E-state index contributed by atoms with van der Waals surface area (Å²) < 4.78 is 1.52. The van der Waals surface area contributed by atoms with E-state index >= 15 is 0 Å². The van der Waals surface area contributed by atoms with Crippen LogP contribution in [0.4, 0.5) is 0 Å². The summed E-state index contributed by atoms with van der Waals surface area (Å²) in [7, 11) is 0. The van der Waals surface area contributed by atoms with Crippen molar-refractivity contribution in [3.05, 3.63) is 63.9 Å². The molecule has 4 rings (SSSR count). The fourth-order valence-electron chi connectivity index (χ4n) is 3.69. The number of hydrogen-bond donors (Lipinski definition) is 0. The highest BCUT2D eigenvalue weighted by Gasteiger charge is 2.22. The summed E-state index contributed by atoms with van der Waals surface area (Å²) in [5.74, 6) is 0.842. The van der Waals surface area contributed by atoms with E-state index in [1.165, 1.54) is 16.3 Å². The number of carbonyl (C=O) groups excluding carboxylic acids is 1. The maximum atomic E-state index is 13.2. The van der Waals surface area contributed by atoms with Crippen LogP contribution in [0.15, 0.2) is 58.5 Å². The Kier molecular flexibility index (Phi) is 5.92. The van der Waals surface area contributed by atoms with Crippen molar-refractivity contribution < 1.29 is 4.79 Å². The van der Waals surface area contributed by atoms with E-state index in [2.05, 4.69) is 11.9 Å². The van der Waals surface area contributed by atoms with Gasteiger partial charge in [-0.3, -0.25) is 14.2 Å². The standard InChI is InChI=1S/C22H22ClN3O2S/c1-15-7-6-12-25(13-15)20(27)14-29-22-24-18-10-4-2-8-16(18)21(28)26(22)19-11-5-3-9-17(19)23/h2-5,8-11,15H,6-7,12-14H2,1H3. The van der Waals surface area contributed by atoms with E-state index in [1.54, 1.807) is 18.2 Å². The molecule has 1 aliphatic rings. The minimum Gasteiger partial charge on any atom is -0.342 e. The average molecular weight is 428 g/mol. The number of rotatable bonds is 4. The molecule has 1 unspecified atom stereocenters. The van der Waals surface area contributed by atoms with Gasteiger partial charge in [0.15, 0.2) is 5.16 Å². The number of amides is 1. The molecular weight excluding hydrogens is 406 g/mol. The first-order valence-electron chi connectivity index (χ1n) is 9.72. The van der Waals surface area contributed by atoms with Gasteiger partial charge in [-0.05, 0) is 43.0 Å². The molecule has 5 nitrogen and oxygen atoms in total. The van der Waals surface area contributed by atoms with Crippen LogP contribution in [-0.2, 0) is 4.79 Å². The second-order valence-corrected chi connectivity index (χ2v) is 8.73. The first-order chi connectivity index (χ1) is 14.0. The predicted molar refractivity (Wildman–Crippen MR) is 118 cm³/mol. The molecular formula is C22H22ClN3O2S. The quantitative estimate of drug-likeness (QED) is 0.457. The molecule has 150 valence electrons. The predicted octanol–water partition coefficient (Wildman–Crippen LogP) is 4.39. The van der Waals surface area contributed by atoms with Crippen molar-refractivity contribution in [2.75, 3.05) is 18.8 Å². The largest absolute Gasteiger partial charge is 0.342 e. The van der Waals surface area contributed by atoms with Gasteiger partial charge in [0.25, 0.3) is 5.56 Å². The molecule has 0 N–H and O–H groups in total. The zero-order valence-corrected chi connectivity index (χ0v) is 17.7. The van der Waals surface area contributed by atoms with Gasteiger partial charge in [0.05, 0.1) is 27.4 Å². The highest BCUT2D eigenvalue weighted by atomic mass is 35.5. The molecule has 0 saturated carbocycles. The lowest BCUT2D eigenvalue weighted by molar-refractivity contribution is -0.130. The summed E-state index contributed by atoms with van der Waals surface area (Å²) in [6.07, 6.45) is 2.20. The molecule has 2 heterocycles. The molecule has 1 amide bonds. The van der Waals surface area contributed by atoms with Crippen LogP contribution in [0.3, 0.4) is 0 Å². The fourth-order valence-corrected chi connectivity index (χ4v) is 4.82. The summed E-state index contributed by atoms with van der Waals surface area (Å²) in [4.78, 5) is 32.6. The van der Waals surface area contributed by atoms with E-state index in [9.17, 15) is 9.59 Å². The summed E-state index contributed by atoms with van der Waals surface area (Å²) in [5.41, 5.74) is 0.992. The Morgan fingerprint density at radius 1 is 1.21 bits per heavy atom. The van der Waals surface area contributed by atoms with Gasteiger partial charge in [-0.2, -0.15) is 0 Å². The molecule has 2 aromatic carbocycles. The Morgan fingerprint density at radius 3 is 2.76 bits per heavy atom. The number of aromatic nitrogens is 2. The third-order valence-corrected chi connectivity index (χ3v) is 6.42. The van der Waals surface area contributed by atoms with E-state index in [4.69, 9.17) is 11.6 Å². The van der Waals surface area contributed by atoms with Crippen LogP contribution in [0, 0.1) is 5.92 Å². The molecule has 0 aliphatic carbocycles. The molecule has 3 aromatic rings. The van der Waals surface area contributed by atoms with Crippen LogP contribution < -0.4 is 5.56 Å². The monoisotopic (exact) mass is 427 g/mol. The van der Waals surface area contributed by atoms with Gasteiger partial charge >= 0.3 is 0 Å². The lowest BCUT2D eigenvalue weighted by atomic mass is 10.0. The highest BCUT2D eigenvalue weighted by Crippen LogP contribution is 2.26. The van der Waals surface area contributed by atoms with Crippen molar-refractivity contribution in [2.45, 2.75) is 24.9 Å². The lowest BCUT2D eigenvalue weighted by Gasteiger charge is -2.30. The topological polar surface area (TPSA) is 55.2 Å². The molecule has 0 bridgehead atoms. The van der Waals surface area contributed by atoms with Gasteiger partial charge in [0.2, 0.25) is 5.91 Å². The maximum Gasteiger partial charge on any atom is 0.266 e. The smallest absolute Gasteiger partial charge is 0.266 e. The Hall–Kier alpha value is -2.31. The lowest BCUT2D eigenvalue weighted by Crippen LogP contribution is -2.40. The van der Waals surface area contributed by atoms with Crippen LogP contribution in [-0.4, -0.2) is 39.2 Å². The summed E-state index contributed by atoms with van der Waals surface area (Å²) >= 11 is 7.67. The number of halogens is 1. The van der Waals surface area contributed by atoms with Crippen molar-refractivity contribution in [2.24, 2.45) is 5.92 Å². The third-order valence-electron chi connectivity index (χ3n) is 5.17. The molecule has 7 heteroatoms. The number of piperidine rings is 1. The molecule has 0 spiro atoms. The second-order valence-electron chi connectivity index (χ2n) is 7.38. The van der Waals surface area contributed by atoms with E-state index in [1.807, 2.05) is 35.2 Å². The summed E-state index contributed by atoms with van der Waals surface area (Å²) in [5, 5.41) is 1.46. The van der Waals surface area contributed by atoms with Crippen molar-refractivity contribution in [3.8, 4) is 5.69 Å². The van der Waals surface area contributed by atoms with Gasteiger partial charge < -0.3 is 4.90 Å². The summed E-state index contributed by atoms with van der Waals surface area (Å²) in [6.45, 7) is 3.76. The van der Waals surface area contributed by atoms with Crippen molar-refractivity contribution >= 4 is 40.2 Å². The normalized spacial score (nSPS) is 16.9. The van der Waals surface area contributed by atoms with Crippen LogP contribution in [0.5, 0.6) is 0 Å². The average Bonchev–Trinajstić information content (AvgIpc) is 2.73. The van der Waals surface area contributed by atoms with Crippen LogP contribution >= 0.6 is 23.4 Å². The first kappa shape index (κ1) is 20.0. The van der Waals surface area contributed by atoms with Crippen LogP contribution in [0.1, 0.15) is 19.8 Å². The highest BCUT2D eigenvalue weighted by molar-refractivity contribution is 7.99. The zero-order chi connectivity index (χ0) is 20.4. The Labute approximate surface area is 178 Å². The van der Waals surface area contributed by atoms with E-state index in [0.29, 0.717) is 32.7 Å². The van der Waals surface area contributed by atoms with Crippen LogP contribution in [0.2, 0.25) is 5.02 Å². The number of hydrogen-bond acceptors (Lipinski definition) is 4. The number of carbonyl (C=O) groups is 1. The van der Waals surface area contributed by atoms with E-state index in [0.717, 1.165) is 25.9 Å². The van der Waals surface area contributed by atoms with E-state index < -0.39 is 0 Å². The van der Waals surface area contributed by atoms with E-state index in [-0.39, 0.29) is 17.2 Å². The first-order valence-corrected chi connectivity index (χ1v) is 11.1. The van der Waals surface area contributed by atoms with Gasteiger partial charge in [0, 0.05) is 13.1 Å². The minimum absolute atomic E-state index is 0.0784. The molecule has 0 radical (unpaired) electrons. The minimum atomic E-state index is -0.190. The molecule has 1 fully saturated rings. The molecule has 1 aliphatic heterocycles. The van der Waals surface area contributed by atoms with Crippen molar-refractivity contribution in [1.29, 1.82) is 0 Å². The number of nitrogens with zero attached hydrogens (tertiary/aromatic N) is 3. The van der Waals surface area contributed by atoms with Gasteiger partial charge in [-0.15, -0.1) is 0 Å². The fraction of sp³-hybridized carbons (Fsp3) is 0.318. The Morgan fingerprint density at radius 2 is 1.97 bits per heavy atom. The van der Waals surface area contributed by atoms with Gasteiger partial charge in [-0.25, -0.2) is 4.98 Å². The molecule has 1 aromatic heterocycles. The second kappa shape index (κ2) is 8.59. The van der Waals surface area contributed by atoms with Crippen LogP contribution in [0.25, 0.3) is 16.6 Å². The van der Waals surface area contributed by atoms with Crippen molar-refractivity contribution in [1.82, 2.24) is 14.5 Å². The maximum absolute atomic E-state index is 13.2. The number of benzene rings is 2. The van der Waals surface area contributed by atoms with Crippen molar-refractivity contribution in [3.63, 3.8) is 0 Å². The van der Waals surface area contributed by atoms with Gasteiger partial charge in [0.1, 0.15) is 0 Å². The Bertz CT molecular complexity index is 1110. The third kappa shape index (κ3) is 4.19. The van der Waals surface area contributed by atoms with Gasteiger partial charge in [-0.1, -0.05) is 54.6 Å². The SMILES string of the molecule is CC1CCCN(C(=O)CSc2nc3ccccc3c(=O)n2-c2ccccc2Cl)C1. The number of likely N-dealkylation sites (tertiary alicyclic amines) is 1. The molecule has 1 saturated heterocycles. The molecule has 1 atom stereocenters. The summed E-state index contributed by atoms with van der Waals surface area (Å²) in [6, 6.07) is 14.4. The number of fused-ring (bicyclic) bond motifs is 1.